The second-order valence-corrected chi connectivity index (χ2v) is 16.5. The standard InChI is InChI=1S/C22H20BrNO3.C12H6O3.C6H6BrN.C4H8.H2O4S/c1-22(2,3)27-21(26)18-9-5-7-14-6-4-8-17(19(14)18)20(25)24-16-12-10-15(23)11-13-16;13-11-8-5-1-3-7-4-2-6-9(10(7)8)12(14)15-11;7-5-1-3-6(8)4-2-5;1-4(2)3;1-5(2,3)4/h4-13H,1-3H3,(H,24,25);1-6H;1-4H,8H2;1H2,2-3H3;(H2,1,2,3,4). The number of fused-ring (bicyclic) bond motifs is 1. The summed E-state index contributed by atoms with van der Waals surface area (Å²) in [5.41, 5.74) is 9.16. The topological polar surface area (TPSA) is 199 Å². The number of carbonyl (C=O) groups excluding carboxylic acids is 4. The Hall–Kier alpha value is -5.71. The summed E-state index contributed by atoms with van der Waals surface area (Å²) in [6, 6.07) is 36.2. The minimum Gasteiger partial charge on any atom is -0.456 e. The molecule has 0 aliphatic carbocycles. The summed E-state index contributed by atoms with van der Waals surface area (Å²) >= 11 is 6.66. The number of carbonyl (C=O) groups is 4. The van der Waals surface area contributed by atoms with E-state index >= 15 is 0 Å². The predicted octanol–water partition coefficient (Wildman–Crippen LogP) is 10.9. The molecule has 0 unspecified atom stereocenters. The highest BCUT2D eigenvalue weighted by Crippen LogP contribution is 2.29. The number of hydrogen-bond donors (Lipinski definition) is 4. The van der Waals surface area contributed by atoms with Crippen LogP contribution in [-0.2, 0) is 19.9 Å². The molecule has 1 heterocycles. The summed E-state index contributed by atoms with van der Waals surface area (Å²) < 4.78 is 43.7. The van der Waals surface area contributed by atoms with Crippen LogP contribution in [-0.4, -0.2) is 46.9 Å². The van der Waals surface area contributed by atoms with Crippen LogP contribution in [0.2, 0.25) is 0 Å². The summed E-state index contributed by atoms with van der Waals surface area (Å²) in [5.74, 6) is -1.86. The molecule has 0 fully saturated rings. The third-order valence-electron chi connectivity index (χ3n) is 7.27. The van der Waals surface area contributed by atoms with E-state index in [-0.39, 0.29) is 5.91 Å². The molecule has 0 saturated carbocycles. The molecule has 12 nitrogen and oxygen atoms in total. The Balaban J connectivity index is 0.000000241. The van der Waals surface area contributed by atoms with Crippen LogP contribution < -0.4 is 11.1 Å². The second kappa shape index (κ2) is 21.3. The first-order chi connectivity index (χ1) is 27.5. The number of hydrogen-bond acceptors (Lipinski definition) is 9. The normalized spacial score (nSPS) is 11.4. The Morgan fingerprint density at radius 2 is 1.08 bits per heavy atom. The number of nitrogens with one attached hydrogen (secondary N) is 1. The van der Waals surface area contributed by atoms with E-state index in [0.29, 0.717) is 38.7 Å². The monoisotopic (exact) mass is 948 g/mol. The van der Waals surface area contributed by atoms with Crippen LogP contribution in [0.1, 0.15) is 76.1 Å². The van der Waals surface area contributed by atoms with Crippen molar-refractivity contribution in [2.75, 3.05) is 11.1 Å². The number of ether oxygens (including phenoxy) is 2. The highest BCUT2D eigenvalue weighted by Gasteiger charge is 2.26. The van der Waals surface area contributed by atoms with Gasteiger partial charge in [0.2, 0.25) is 0 Å². The number of esters is 3. The third-order valence-corrected chi connectivity index (χ3v) is 8.33. The summed E-state index contributed by atoms with van der Waals surface area (Å²) in [4.78, 5) is 48.5. The van der Waals surface area contributed by atoms with E-state index in [4.69, 9.17) is 28.0 Å². The first kappa shape index (κ1) is 47.7. The fourth-order valence-electron chi connectivity index (χ4n) is 5.10. The molecule has 6 aromatic rings. The minimum atomic E-state index is -4.67. The van der Waals surface area contributed by atoms with Crippen molar-refractivity contribution in [2.45, 2.75) is 40.2 Å². The zero-order valence-electron chi connectivity index (χ0n) is 32.7. The Morgan fingerprint density at radius 3 is 1.51 bits per heavy atom. The van der Waals surface area contributed by atoms with Crippen LogP contribution in [0.4, 0.5) is 11.4 Å². The van der Waals surface area contributed by atoms with Gasteiger partial charge in [0.05, 0.1) is 16.7 Å². The van der Waals surface area contributed by atoms with Gasteiger partial charge in [-0.2, -0.15) is 8.42 Å². The molecule has 0 radical (unpaired) electrons. The molecule has 0 atom stereocenters. The van der Waals surface area contributed by atoms with Crippen molar-refractivity contribution in [1.29, 1.82) is 0 Å². The highest BCUT2D eigenvalue weighted by atomic mass is 79.9. The molecule has 6 aromatic carbocycles. The molecule has 59 heavy (non-hydrogen) atoms. The second-order valence-electron chi connectivity index (χ2n) is 13.8. The van der Waals surface area contributed by atoms with Gasteiger partial charge in [0.1, 0.15) is 5.60 Å². The first-order valence-electron chi connectivity index (χ1n) is 17.5. The molecule has 308 valence electrons. The highest BCUT2D eigenvalue weighted by molar-refractivity contribution is 9.10. The number of benzene rings is 6. The number of anilines is 2. The van der Waals surface area contributed by atoms with Crippen molar-refractivity contribution in [1.82, 2.24) is 0 Å². The van der Waals surface area contributed by atoms with Crippen LogP contribution in [0.5, 0.6) is 0 Å². The maximum absolute atomic E-state index is 12.9. The lowest BCUT2D eigenvalue weighted by Crippen LogP contribution is -2.24. The number of nitrogens with two attached hydrogens (primary N) is 1. The van der Waals surface area contributed by atoms with Crippen molar-refractivity contribution in [3.63, 3.8) is 0 Å². The zero-order chi connectivity index (χ0) is 44.1. The van der Waals surface area contributed by atoms with Crippen LogP contribution in [0.15, 0.2) is 142 Å². The van der Waals surface area contributed by atoms with E-state index in [0.717, 1.165) is 25.4 Å². The van der Waals surface area contributed by atoms with Crippen LogP contribution >= 0.6 is 31.9 Å². The quantitative estimate of drug-likeness (QED) is 0.0433. The number of allylic oxidation sites excluding steroid dienone is 1. The summed E-state index contributed by atoms with van der Waals surface area (Å²) in [7, 11) is -4.67. The molecule has 1 aliphatic heterocycles. The molecule has 1 aliphatic rings. The maximum atomic E-state index is 12.9. The van der Waals surface area contributed by atoms with E-state index < -0.39 is 33.9 Å². The molecule has 0 aromatic heterocycles. The average Bonchev–Trinajstić information content (AvgIpc) is 3.14. The zero-order valence-corrected chi connectivity index (χ0v) is 36.6. The Bertz CT molecular complexity index is 2500. The summed E-state index contributed by atoms with van der Waals surface area (Å²) in [6.07, 6.45) is 0. The van der Waals surface area contributed by atoms with Gasteiger partial charge in [0, 0.05) is 36.7 Å². The van der Waals surface area contributed by atoms with E-state index in [1.807, 2.05) is 107 Å². The minimum absolute atomic E-state index is 0.279. The van der Waals surface area contributed by atoms with Crippen molar-refractivity contribution in [3.8, 4) is 0 Å². The smallest absolute Gasteiger partial charge is 0.394 e. The van der Waals surface area contributed by atoms with Gasteiger partial charge < -0.3 is 20.5 Å². The van der Waals surface area contributed by atoms with E-state index in [9.17, 15) is 19.2 Å². The van der Waals surface area contributed by atoms with Gasteiger partial charge in [0.25, 0.3) is 5.91 Å². The Kier molecular flexibility index (Phi) is 17.2. The molecule has 1 amide bonds. The number of nitrogen functional groups attached to an aromatic ring is 1. The number of amides is 1. The van der Waals surface area contributed by atoms with E-state index in [1.54, 1.807) is 48.5 Å². The summed E-state index contributed by atoms with van der Waals surface area (Å²) in [5, 5.41) is 5.85. The fraction of sp³-hybridized carbons (Fsp3) is 0.136. The van der Waals surface area contributed by atoms with E-state index in [1.165, 1.54) is 5.57 Å². The van der Waals surface area contributed by atoms with Crippen LogP contribution in [0, 0.1) is 0 Å². The van der Waals surface area contributed by atoms with Gasteiger partial charge in [-0.05, 0) is 118 Å². The lowest BCUT2D eigenvalue weighted by molar-refractivity contribution is 0.00710. The van der Waals surface area contributed by atoms with Gasteiger partial charge in [-0.1, -0.05) is 86.0 Å². The Labute approximate surface area is 359 Å². The van der Waals surface area contributed by atoms with Gasteiger partial charge in [-0.15, -0.1) is 6.58 Å². The van der Waals surface area contributed by atoms with Crippen LogP contribution in [0.25, 0.3) is 21.5 Å². The van der Waals surface area contributed by atoms with Crippen LogP contribution in [0.3, 0.4) is 0 Å². The molecule has 0 spiro atoms. The molecule has 0 bridgehead atoms. The molecule has 7 rings (SSSR count). The summed E-state index contributed by atoms with van der Waals surface area (Å²) in [6.45, 7) is 12.9. The third kappa shape index (κ3) is 15.9. The first-order valence-corrected chi connectivity index (χ1v) is 20.5. The average molecular weight is 951 g/mol. The van der Waals surface area contributed by atoms with Gasteiger partial charge in [-0.25, -0.2) is 14.4 Å². The lowest BCUT2D eigenvalue weighted by atomic mass is 9.97. The van der Waals surface area contributed by atoms with E-state index in [2.05, 4.69) is 48.5 Å². The molecule has 15 heteroatoms. The predicted molar refractivity (Wildman–Crippen MR) is 238 cm³/mol. The van der Waals surface area contributed by atoms with Crippen molar-refractivity contribution in [2.24, 2.45) is 0 Å². The number of halogens is 2. The Morgan fingerprint density at radius 1 is 0.695 bits per heavy atom. The number of cyclic esters (lactones) is 2. The van der Waals surface area contributed by atoms with Crippen molar-refractivity contribution >= 4 is 99.0 Å². The molecular formula is C44H42Br2N2O10S. The lowest BCUT2D eigenvalue weighted by Gasteiger charge is -2.20. The molecular weight excluding hydrogens is 908 g/mol. The van der Waals surface area contributed by atoms with Gasteiger partial charge in [0.15, 0.2) is 0 Å². The van der Waals surface area contributed by atoms with Crippen molar-refractivity contribution in [3.05, 3.63) is 165 Å². The van der Waals surface area contributed by atoms with Crippen molar-refractivity contribution < 1.29 is 46.2 Å². The number of rotatable bonds is 3. The van der Waals surface area contributed by atoms with Gasteiger partial charge >= 0.3 is 28.3 Å². The van der Waals surface area contributed by atoms with Gasteiger partial charge in [-0.3, -0.25) is 13.9 Å². The maximum Gasteiger partial charge on any atom is 0.394 e. The SMILES string of the molecule is C=C(C)C.CC(C)(C)OC(=O)c1cccc2cccc(C(=O)Nc3ccc(Br)cc3)c12.Nc1ccc(Br)cc1.O=C1OC(=O)c2cccc3cccc1c23.O=S(=O)(O)O. The molecule has 0 saturated heterocycles. The largest absolute Gasteiger partial charge is 0.456 e. The fourth-order valence-corrected chi connectivity index (χ4v) is 5.63. The molecule has 5 N–H and O–H groups in total.